The van der Waals surface area contributed by atoms with E-state index in [1.807, 2.05) is 0 Å². The van der Waals surface area contributed by atoms with Crippen LogP contribution in [-0.2, 0) is 9.84 Å². The van der Waals surface area contributed by atoms with Crippen molar-refractivity contribution in [3.63, 3.8) is 0 Å². The minimum atomic E-state index is -3.77. The first kappa shape index (κ1) is 8.98. The molecule has 1 radical (unpaired) electrons. The number of halogens is 2. The molecule has 7 heteroatoms. The maximum atomic E-state index is 12.5. The summed E-state index contributed by atoms with van der Waals surface area (Å²) in [5, 5.41) is 0. The summed E-state index contributed by atoms with van der Waals surface area (Å²) in [6.45, 7) is 0. The highest BCUT2D eigenvalue weighted by molar-refractivity contribution is 7.90. The number of sulfone groups is 1. The summed E-state index contributed by atoms with van der Waals surface area (Å²) >= 11 is 0. The van der Waals surface area contributed by atoms with Gasteiger partial charge in [-0.25, -0.2) is 8.42 Å². The van der Waals surface area contributed by atoms with E-state index in [2.05, 4.69) is 9.97 Å². The van der Waals surface area contributed by atoms with E-state index in [9.17, 15) is 17.2 Å². The van der Waals surface area contributed by atoms with Gasteiger partial charge in [0, 0.05) is 6.26 Å². The quantitative estimate of drug-likeness (QED) is 0.463. The third kappa shape index (κ3) is 1.73. The van der Waals surface area contributed by atoms with Crippen LogP contribution in [0, 0.1) is 18.2 Å². The van der Waals surface area contributed by atoms with Gasteiger partial charge in [-0.2, -0.15) is 18.7 Å². The molecule has 65 valence electrons. The number of nitrogens with zero attached hydrogens (tertiary/aromatic N) is 2. The van der Waals surface area contributed by atoms with Crippen molar-refractivity contribution in [1.82, 2.24) is 9.97 Å². The molecule has 0 unspecified atom stereocenters. The minimum Gasteiger partial charge on any atom is -0.224 e. The van der Waals surface area contributed by atoms with E-state index in [0.29, 0.717) is 0 Å². The fourth-order valence-corrected chi connectivity index (χ4v) is 1.10. The van der Waals surface area contributed by atoms with Crippen molar-refractivity contribution in [1.29, 1.82) is 0 Å². The molecule has 0 aromatic carbocycles. The van der Waals surface area contributed by atoms with Gasteiger partial charge in [0.25, 0.3) is 0 Å². The second kappa shape index (κ2) is 2.74. The van der Waals surface area contributed by atoms with Crippen molar-refractivity contribution in [2.45, 2.75) is 4.90 Å². The zero-order valence-corrected chi connectivity index (χ0v) is 6.69. The number of hydrogen-bond donors (Lipinski definition) is 0. The van der Waals surface area contributed by atoms with Crippen LogP contribution in [0.4, 0.5) is 8.78 Å². The Balaban J connectivity index is 3.39. The lowest BCUT2D eigenvalue weighted by molar-refractivity contribution is 0.460. The van der Waals surface area contributed by atoms with Gasteiger partial charge in [-0.1, -0.05) is 0 Å². The maximum Gasteiger partial charge on any atom is 0.311 e. The van der Waals surface area contributed by atoms with Crippen LogP contribution in [0.3, 0.4) is 0 Å². The first-order valence-electron chi connectivity index (χ1n) is 2.72. The van der Waals surface area contributed by atoms with E-state index < -0.39 is 26.8 Å². The molecule has 0 aliphatic rings. The molecule has 1 aromatic heterocycles. The van der Waals surface area contributed by atoms with Crippen LogP contribution in [0.15, 0.2) is 4.90 Å². The lowest BCUT2D eigenvalue weighted by Gasteiger charge is -1.95. The number of rotatable bonds is 1. The number of hydrogen-bond acceptors (Lipinski definition) is 4. The second-order valence-corrected chi connectivity index (χ2v) is 3.95. The maximum absolute atomic E-state index is 12.5. The molecule has 1 rings (SSSR count). The largest absolute Gasteiger partial charge is 0.311 e. The van der Waals surface area contributed by atoms with E-state index in [4.69, 9.17) is 0 Å². The van der Waals surface area contributed by atoms with Gasteiger partial charge in [0.1, 0.15) is 11.1 Å². The molecule has 0 spiro atoms. The van der Waals surface area contributed by atoms with Gasteiger partial charge in [0.15, 0.2) is 9.84 Å². The molecule has 0 fully saturated rings. The van der Waals surface area contributed by atoms with Gasteiger partial charge in [0.2, 0.25) is 5.95 Å². The van der Waals surface area contributed by atoms with Gasteiger partial charge >= 0.3 is 6.08 Å². The normalized spacial score (nSPS) is 11.6. The van der Waals surface area contributed by atoms with Gasteiger partial charge in [-0.15, -0.1) is 0 Å². The van der Waals surface area contributed by atoms with Crippen molar-refractivity contribution in [3.05, 3.63) is 18.2 Å². The molecule has 0 atom stereocenters. The predicted molar refractivity (Wildman–Crippen MR) is 33.9 cm³/mol. The van der Waals surface area contributed by atoms with Crippen molar-refractivity contribution in [2.24, 2.45) is 0 Å². The molecule has 1 aromatic rings. The SMILES string of the molecule is CS(=O)(=O)c1[c]nc(F)nc1F. The van der Waals surface area contributed by atoms with Gasteiger partial charge in [0.05, 0.1) is 0 Å². The van der Waals surface area contributed by atoms with Crippen LogP contribution in [0.25, 0.3) is 0 Å². The summed E-state index contributed by atoms with van der Waals surface area (Å²) in [6, 6.07) is 0. The monoisotopic (exact) mass is 193 g/mol. The fourth-order valence-electron chi connectivity index (χ4n) is 0.536. The van der Waals surface area contributed by atoms with Crippen molar-refractivity contribution < 1.29 is 17.2 Å². The second-order valence-electron chi connectivity index (χ2n) is 2.00. The van der Waals surface area contributed by atoms with Gasteiger partial charge in [-0.3, -0.25) is 0 Å². The average molecular weight is 193 g/mol. The molecule has 0 aliphatic heterocycles. The molecule has 0 saturated heterocycles. The Morgan fingerprint density at radius 3 is 2.42 bits per heavy atom. The molecule has 1 heterocycles. The van der Waals surface area contributed by atoms with Crippen molar-refractivity contribution in [3.8, 4) is 0 Å². The highest BCUT2D eigenvalue weighted by Gasteiger charge is 2.16. The molecule has 12 heavy (non-hydrogen) atoms. The topological polar surface area (TPSA) is 59.9 Å². The zero-order chi connectivity index (χ0) is 9.35. The van der Waals surface area contributed by atoms with Crippen molar-refractivity contribution in [2.75, 3.05) is 6.26 Å². The Kier molecular flexibility index (Phi) is 2.05. The standard InChI is InChI=1S/C5H3F2N2O2S/c1-12(10,11)3-2-8-5(7)9-4(3)6/h1H3. The number of aromatic nitrogens is 2. The summed E-state index contributed by atoms with van der Waals surface area (Å²) in [5.74, 6) is -1.43. The summed E-state index contributed by atoms with van der Waals surface area (Å²) in [7, 11) is -3.77. The molecule has 0 N–H and O–H groups in total. The molecular formula is C5H3F2N2O2S. The summed E-state index contributed by atoms with van der Waals surface area (Å²) in [4.78, 5) is 4.54. The first-order valence-corrected chi connectivity index (χ1v) is 4.61. The van der Waals surface area contributed by atoms with E-state index in [1.165, 1.54) is 0 Å². The molecule has 0 bridgehead atoms. The summed E-state index contributed by atoms with van der Waals surface area (Å²) in [6.07, 6.45) is 1.10. The Morgan fingerprint density at radius 2 is 2.00 bits per heavy atom. The lowest BCUT2D eigenvalue weighted by atomic mass is 10.6. The Labute approximate surface area is 67.2 Å². The Morgan fingerprint density at radius 1 is 1.42 bits per heavy atom. The van der Waals surface area contributed by atoms with Crippen LogP contribution >= 0.6 is 0 Å². The third-order valence-electron chi connectivity index (χ3n) is 0.998. The third-order valence-corrected chi connectivity index (χ3v) is 2.00. The first-order chi connectivity index (χ1) is 5.41. The zero-order valence-electron chi connectivity index (χ0n) is 5.88. The average Bonchev–Trinajstić information content (AvgIpc) is 1.83. The Bertz CT molecular complexity index is 404. The smallest absolute Gasteiger partial charge is 0.224 e. The summed E-state index contributed by atoms with van der Waals surface area (Å²) < 4.78 is 46.0. The van der Waals surface area contributed by atoms with E-state index in [-0.39, 0.29) is 0 Å². The van der Waals surface area contributed by atoms with Crippen LogP contribution in [0.1, 0.15) is 0 Å². The fraction of sp³-hybridized carbons (Fsp3) is 0.200. The van der Waals surface area contributed by atoms with E-state index in [1.54, 1.807) is 6.20 Å². The van der Waals surface area contributed by atoms with E-state index >= 15 is 0 Å². The predicted octanol–water partition coefficient (Wildman–Crippen LogP) is -0.0415. The lowest BCUT2D eigenvalue weighted by Crippen LogP contribution is -2.05. The molecular weight excluding hydrogens is 190 g/mol. The van der Waals surface area contributed by atoms with Crippen LogP contribution in [0.2, 0.25) is 0 Å². The van der Waals surface area contributed by atoms with Gasteiger partial charge < -0.3 is 0 Å². The summed E-state index contributed by atoms with van der Waals surface area (Å²) in [5.41, 5.74) is 0. The molecule has 0 aliphatic carbocycles. The Hall–Kier alpha value is -1.11. The molecule has 0 amide bonds. The van der Waals surface area contributed by atoms with Crippen molar-refractivity contribution >= 4 is 9.84 Å². The van der Waals surface area contributed by atoms with Crippen LogP contribution < -0.4 is 0 Å². The molecule has 4 nitrogen and oxygen atoms in total. The van der Waals surface area contributed by atoms with Crippen LogP contribution in [-0.4, -0.2) is 24.6 Å². The highest BCUT2D eigenvalue weighted by atomic mass is 32.2. The molecule has 0 saturated carbocycles. The minimum absolute atomic E-state index is 0.753. The highest BCUT2D eigenvalue weighted by Crippen LogP contribution is 2.08. The van der Waals surface area contributed by atoms with E-state index in [0.717, 1.165) is 6.26 Å². The van der Waals surface area contributed by atoms with Gasteiger partial charge in [-0.05, 0) is 0 Å². The van der Waals surface area contributed by atoms with Crippen LogP contribution in [0.5, 0.6) is 0 Å².